The Hall–Kier alpha value is -1.98. The molecule has 6 rings (SSSR count). The summed E-state index contributed by atoms with van der Waals surface area (Å²) in [4.78, 5) is 24.7. The van der Waals surface area contributed by atoms with Crippen molar-refractivity contribution in [3.63, 3.8) is 0 Å². The summed E-state index contributed by atoms with van der Waals surface area (Å²) in [6.07, 6.45) is 19.4. The Bertz CT molecular complexity index is 1040. The Kier molecular flexibility index (Phi) is 5.92. The van der Waals surface area contributed by atoms with Gasteiger partial charge in [0, 0.05) is 12.4 Å². The summed E-state index contributed by atoms with van der Waals surface area (Å²) >= 11 is 0. The SMILES string of the molecule is CN1CCCC1C(=O)ONC1C=C2CCC3C(CCC4(C)C(c5cccnc5)=CCC34)C2(C)CC1. The molecule has 1 N–H and O–H groups in total. The van der Waals surface area contributed by atoms with Gasteiger partial charge in [-0.2, -0.15) is 0 Å². The molecule has 5 nitrogen and oxygen atoms in total. The van der Waals surface area contributed by atoms with Gasteiger partial charge in [-0.25, -0.2) is 4.79 Å². The Morgan fingerprint density at radius 3 is 2.77 bits per heavy atom. The number of rotatable bonds is 4. The topological polar surface area (TPSA) is 54.5 Å². The highest BCUT2D eigenvalue weighted by atomic mass is 16.7. The summed E-state index contributed by atoms with van der Waals surface area (Å²) in [7, 11) is 2.01. The average Bonchev–Trinajstić information content (AvgIpc) is 3.45. The molecule has 0 amide bonds. The standard InChI is InChI=1S/C30H41N3O2/c1-29-14-12-22(32-35-28(34)27-7-5-17-33(27)3)18-21(29)8-9-23-25-11-10-24(20-6-4-16-31-19-20)30(25,2)15-13-26(23)29/h4,6,10,16,18-19,22-23,25-27,32H,5,7-9,11-15,17H2,1-3H3. The summed E-state index contributed by atoms with van der Waals surface area (Å²) in [6.45, 7) is 6.05. The van der Waals surface area contributed by atoms with Crippen molar-refractivity contribution in [2.24, 2.45) is 28.6 Å². The lowest BCUT2D eigenvalue weighted by Crippen LogP contribution is -2.51. The fourth-order valence-electron chi connectivity index (χ4n) is 8.77. The van der Waals surface area contributed by atoms with E-state index in [2.05, 4.69) is 59.7 Å². The minimum Gasteiger partial charge on any atom is -0.369 e. The van der Waals surface area contributed by atoms with Crippen molar-refractivity contribution in [3.8, 4) is 0 Å². The van der Waals surface area contributed by atoms with Gasteiger partial charge in [-0.3, -0.25) is 9.88 Å². The smallest absolute Gasteiger partial charge is 0.342 e. The highest BCUT2D eigenvalue weighted by molar-refractivity contribution is 5.76. The average molecular weight is 476 g/mol. The quantitative estimate of drug-likeness (QED) is 0.457. The van der Waals surface area contributed by atoms with Crippen LogP contribution in [0.4, 0.5) is 0 Å². The maximum Gasteiger partial charge on any atom is 0.342 e. The van der Waals surface area contributed by atoms with Gasteiger partial charge < -0.3 is 4.84 Å². The molecule has 0 spiro atoms. The van der Waals surface area contributed by atoms with E-state index in [9.17, 15) is 4.79 Å². The van der Waals surface area contributed by atoms with Crippen molar-refractivity contribution < 1.29 is 9.63 Å². The van der Waals surface area contributed by atoms with Gasteiger partial charge in [-0.05, 0) is 117 Å². The first-order chi connectivity index (χ1) is 16.9. The first-order valence-corrected chi connectivity index (χ1v) is 13.9. The predicted molar refractivity (Wildman–Crippen MR) is 138 cm³/mol. The molecule has 4 aliphatic carbocycles. The number of fused-ring (bicyclic) bond motifs is 5. The minimum absolute atomic E-state index is 0.0902. The van der Waals surface area contributed by atoms with E-state index in [0.717, 1.165) is 43.6 Å². The van der Waals surface area contributed by atoms with Gasteiger partial charge in [0.2, 0.25) is 0 Å². The number of pyridine rings is 1. The van der Waals surface area contributed by atoms with Crippen molar-refractivity contribution in [3.05, 3.63) is 47.8 Å². The number of nitrogens with zero attached hydrogens (tertiary/aromatic N) is 2. The molecule has 5 heteroatoms. The lowest BCUT2D eigenvalue weighted by atomic mass is 9.46. The predicted octanol–water partition coefficient (Wildman–Crippen LogP) is 5.55. The first kappa shape index (κ1) is 23.4. The van der Waals surface area contributed by atoms with Gasteiger partial charge in [-0.15, -0.1) is 5.48 Å². The first-order valence-electron chi connectivity index (χ1n) is 13.9. The number of hydrogen-bond acceptors (Lipinski definition) is 5. The molecule has 0 bridgehead atoms. The molecule has 1 saturated heterocycles. The van der Waals surface area contributed by atoms with E-state index in [-0.39, 0.29) is 28.9 Å². The molecule has 2 heterocycles. The molecule has 7 atom stereocenters. The number of likely N-dealkylation sites (tertiary alicyclic amines) is 1. The van der Waals surface area contributed by atoms with Gasteiger partial charge in [0.25, 0.3) is 0 Å². The third kappa shape index (κ3) is 3.81. The largest absolute Gasteiger partial charge is 0.369 e. The van der Waals surface area contributed by atoms with Gasteiger partial charge in [-0.1, -0.05) is 37.6 Å². The van der Waals surface area contributed by atoms with E-state index in [1.807, 2.05) is 13.2 Å². The fraction of sp³-hybridized carbons (Fsp3) is 0.667. The van der Waals surface area contributed by atoms with Gasteiger partial charge in [0.05, 0.1) is 6.04 Å². The molecule has 5 aliphatic rings. The highest BCUT2D eigenvalue weighted by Crippen LogP contribution is 2.66. The number of nitrogens with one attached hydrogen (secondary N) is 1. The van der Waals surface area contributed by atoms with E-state index in [0.29, 0.717) is 0 Å². The molecule has 1 aromatic heterocycles. The van der Waals surface area contributed by atoms with Crippen LogP contribution in [0.3, 0.4) is 0 Å². The normalized spacial score (nSPS) is 40.8. The molecule has 1 aliphatic heterocycles. The Morgan fingerprint density at radius 1 is 1.14 bits per heavy atom. The summed E-state index contributed by atoms with van der Waals surface area (Å²) in [5.74, 6) is 2.18. The van der Waals surface area contributed by atoms with Crippen LogP contribution in [0.15, 0.2) is 42.3 Å². The van der Waals surface area contributed by atoms with E-state index in [4.69, 9.17) is 4.84 Å². The second-order valence-electron chi connectivity index (χ2n) is 12.4. The molecular formula is C30H41N3O2. The molecule has 0 aromatic carbocycles. The Morgan fingerprint density at radius 2 is 2.00 bits per heavy atom. The fourth-order valence-corrected chi connectivity index (χ4v) is 8.77. The minimum atomic E-state index is -0.120. The lowest BCUT2D eigenvalue weighted by molar-refractivity contribution is -0.157. The molecule has 7 unspecified atom stereocenters. The van der Waals surface area contributed by atoms with Crippen LogP contribution in [0, 0.1) is 28.6 Å². The Labute approximate surface area is 210 Å². The molecule has 3 fully saturated rings. The van der Waals surface area contributed by atoms with Crippen LogP contribution < -0.4 is 5.48 Å². The summed E-state index contributed by atoms with van der Waals surface area (Å²) in [6, 6.07) is 4.37. The molecular weight excluding hydrogens is 434 g/mol. The summed E-state index contributed by atoms with van der Waals surface area (Å²) in [5.41, 5.74) is 8.19. The zero-order valence-electron chi connectivity index (χ0n) is 21.6. The molecule has 0 radical (unpaired) electrons. The van der Waals surface area contributed by atoms with Crippen molar-refractivity contribution in [1.82, 2.24) is 15.4 Å². The maximum atomic E-state index is 12.5. The number of hydrogen-bond donors (Lipinski definition) is 1. The second kappa shape index (κ2) is 8.85. The van der Waals surface area contributed by atoms with Crippen molar-refractivity contribution in [2.45, 2.75) is 83.7 Å². The van der Waals surface area contributed by atoms with Crippen LogP contribution in [-0.4, -0.2) is 41.5 Å². The molecule has 35 heavy (non-hydrogen) atoms. The van der Waals surface area contributed by atoms with Crippen LogP contribution in [-0.2, 0) is 9.63 Å². The van der Waals surface area contributed by atoms with Crippen molar-refractivity contribution in [2.75, 3.05) is 13.6 Å². The number of carbonyl (C=O) groups is 1. The monoisotopic (exact) mass is 475 g/mol. The van der Waals surface area contributed by atoms with Gasteiger partial charge >= 0.3 is 5.97 Å². The second-order valence-corrected chi connectivity index (χ2v) is 12.4. The zero-order chi connectivity index (χ0) is 24.2. The lowest BCUT2D eigenvalue weighted by Gasteiger charge is -2.58. The van der Waals surface area contributed by atoms with Gasteiger partial charge in [0.15, 0.2) is 0 Å². The number of likely N-dealkylation sites (N-methyl/N-ethyl adjacent to an activating group) is 1. The third-order valence-corrected chi connectivity index (χ3v) is 10.8. The summed E-state index contributed by atoms with van der Waals surface area (Å²) < 4.78 is 0. The Balaban J connectivity index is 1.15. The van der Waals surface area contributed by atoms with Crippen LogP contribution in [0.25, 0.3) is 5.57 Å². The van der Waals surface area contributed by atoms with Crippen LogP contribution >= 0.6 is 0 Å². The van der Waals surface area contributed by atoms with E-state index >= 15 is 0 Å². The van der Waals surface area contributed by atoms with E-state index in [1.165, 1.54) is 44.1 Å². The number of allylic oxidation sites excluding steroid dienone is 3. The highest BCUT2D eigenvalue weighted by Gasteiger charge is 2.57. The van der Waals surface area contributed by atoms with Gasteiger partial charge in [0.1, 0.15) is 6.04 Å². The maximum absolute atomic E-state index is 12.5. The summed E-state index contributed by atoms with van der Waals surface area (Å²) in [5, 5.41) is 0. The number of aromatic nitrogens is 1. The number of hydroxylamine groups is 1. The number of carbonyl (C=O) groups excluding carboxylic acids is 1. The molecule has 2 saturated carbocycles. The molecule has 188 valence electrons. The molecule has 1 aromatic rings. The zero-order valence-corrected chi connectivity index (χ0v) is 21.6. The van der Waals surface area contributed by atoms with E-state index < -0.39 is 0 Å². The van der Waals surface area contributed by atoms with Crippen molar-refractivity contribution in [1.29, 1.82) is 0 Å². The van der Waals surface area contributed by atoms with E-state index in [1.54, 1.807) is 11.1 Å². The van der Waals surface area contributed by atoms with Crippen LogP contribution in [0.5, 0.6) is 0 Å². The third-order valence-electron chi connectivity index (χ3n) is 10.8. The van der Waals surface area contributed by atoms with Crippen LogP contribution in [0.2, 0.25) is 0 Å². The van der Waals surface area contributed by atoms with Crippen LogP contribution in [0.1, 0.15) is 77.2 Å². The van der Waals surface area contributed by atoms with Crippen molar-refractivity contribution >= 4 is 11.5 Å².